The Labute approximate surface area is 114 Å². The van der Waals surface area contributed by atoms with E-state index in [1.807, 2.05) is 0 Å². The molecule has 1 aliphatic carbocycles. The Hall–Kier alpha value is -1.04. The van der Waals surface area contributed by atoms with Crippen LogP contribution in [0, 0.1) is 16.0 Å². The van der Waals surface area contributed by atoms with Gasteiger partial charge >= 0.3 is 0 Å². The second-order valence-corrected chi connectivity index (χ2v) is 5.14. The van der Waals surface area contributed by atoms with Crippen LogP contribution in [0.3, 0.4) is 0 Å². The maximum Gasteiger partial charge on any atom is 0.293 e. The number of benzene rings is 1. The van der Waals surface area contributed by atoms with Gasteiger partial charge in [0.2, 0.25) is 0 Å². The van der Waals surface area contributed by atoms with E-state index in [2.05, 4.69) is 5.32 Å². The Morgan fingerprint density at radius 3 is 2.61 bits per heavy atom. The fourth-order valence-electron chi connectivity index (χ4n) is 1.69. The van der Waals surface area contributed by atoms with Crippen molar-refractivity contribution in [2.75, 3.05) is 11.9 Å². The Kier molecular flexibility index (Phi) is 3.94. The summed E-state index contributed by atoms with van der Waals surface area (Å²) in [7, 11) is 0. The molecule has 0 aliphatic heterocycles. The average molecular weight is 291 g/mol. The fraction of sp³-hybridized carbons (Fsp3) is 0.455. The van der Waals surface area contributed by atoms with Crippen molar-refractivity contribution >= 4 is 34.6 Å². The lowest BCUT2D eigenvalue weighted by Gasteiger charge is -2.12. The number of hydrogen-bond acceptors (Lipinski definition) is 4. The zero-order chi connectivity index (χ0) is 13.3. The Balaban J connectivity index is 2.14. The number of aliphatic hydroxyl groups excluding tert-OH is 1. The van der Waals surface area contributed by atoms with Gasteiger partial charge in [0.05, 0.1) is 21.1 Å². The van der Waals surface area contributed by atoms with Gasteiger partial charge < -0.3 is 10.4 Å². The third-order valence-electron chi connectivity index (χ3n) is 2.90. The molecule has 98 valence electrons. The molecule has 0 radical (unpaired) electrons. The van der Waals surface area contributed by atoms with E-state index < -0.39 is 11.0 Å². The van der Waals surface area contributed by atoms with Crippen LogP contribution in [0.25, 0.3) is 0 Å². The van der Waals surface area contributed by atoms with E-state index >= 15 is 0 Å². The second kappa shape index (κ2) is 5.30. The lowest BCUT2D eigenvalue weighted by Crippen LogP contribution is -2.21. The predicted octanol–water partition coefficient (Wildman–Crippen LogP) is 3.08. The van der Waals surface area contributed by atoms with Gasteiger partial charge in [-0.05, 0) is 24.8 Å². The Bertz CT molecular complexity index is 478. The molecule has 0 bridgehead atoms. The lowest BCUT2D eigenvalue weighted by molar-refractivity contribution is -0.383. The monoisotopic (exact) mass is 290 g/mol. The second-order valence-electron chi connectivity index (χ2n) is 4.33. The molecule has 0 aromatic heterocycles. The van der Waals surface area contributed by atoms with Crippen LogP contribution in [0.15, 0.2) is 12.1 Å². The number of nitro groups is 1. The molecule has 0 saturated heterocycles. The highest BCUT2D eigenvalue weighted by Gasteiger charge is 2.29. The lowest BCUT2D eigenvalue weighted by atomic mass is 10.2. The van der Waals surface area contributed by atoms with Gasteiger partial charge in [0.15, 0.2) is 0 Å². The highest BCUT2D eigenvalue weighted by Crippen LogP contribution is 2.35. The van der Waals surface area contributed by atoms with Gasteiger partial charge in [-0.2, -0.15) is 0 Å². The number of halogens is 2. The Morgan fingerprint density at radius 1 is 1.44 bits per heavy atom. The van der Waals surface area contributed by atoms with Gasteiger partial charge in [0.1, 0.15) is 5.69 Å². The molecule has 0 amide bonds. The first-order chi connectivity index (χ1) is 8.49. The van der Waals surface area contributed by atoms with E-state index in [1.165, 1.54) is 12.1 Å². The third kappa shape index (κ3) is 3.04. The smallest absolute Gasteiger partial charge is 0.293 e. The van der Waals surface area contributed by atoms with Crippen molar-refractivity contribution < 1.29 is 10.0 Å². The minimum atomic E-state index is -0.534. The van der Waals surface area contributed by atoms with Gasteiger partial charge in [-0.3, -0.25) is 10.1 Å². The molecule has 7 heteroatoms. The summed E-state index contributed by atoms with van der Waals surface area (Å²) in [5, 5.41) is 23.8. The molecule has 18 heavy (non-hydrogen) atoms. The molecule has 0 spiro atoms. The standard InChI is InChI=1S/C11H12Cl2N2O3/c12-7-3-9(10(15(17)18)4-8(7)13)14-5-11(16)6-1-2-6/h3-4,6,11,14,16H,1-2,5H2. The van der Waals surface area contributed by atoms with Gasteiger partial charge in [0.25, 0.3) is 5.69 Å². The van der Waals surface area contributed by atoms with Gasteiger partial charge in [-0.25, -0.2) is 0 Å². The molecule has 1 saturated carbocycles. The van der Waals surface area contributed by atoms with E-state index in [1.54, 1.807) is 0 Å². The van der Waals surface area contributed by atoms with Crippen LogP contribution in [0.1, 0.15) is 12.8 Å². The van der Waals surface area contributed by atoms with Crippen molar-refractivity contribution in [3.8, 4) is 0 Å². The van der Waals surface area contributed by atoms with Crippen LogP contribution in [-0.2, 0) is 0 Å². The van der Waals surface area contributed by atoms with E-state index in [0.29, 0.717) is 5.92 Å². The van der Waals surface area contributed by atoms with Gasteiger partial charge in [-0.15, -0.1) is 0 Å². The van der Waals surface area contributed by atoms with Crippen LogP contribution in [0.4, 0.5) is 11.4 Å². The largest absolute Gasteiger partial charge is 0.391 e. The van der Waals surface area contributed by atoms with Crippen molar-refractivity contribution in [1.82, 2.24) is 0 Å². The number of nitro benzene ring substituents is 1. The van der Waals surface area contributed by atoms with Crippen LogP contribution >= 0.6 is 23.2 Å². The molecular weight excluding hydrogens is 279 g/mol. The van der Waals surface area contributed by atoms with E-state index in [4.69, 9.17) is 23.2 Å². The van der Waals surface area contributed by atoms with Crippen molar-refractivity contribution in [3.63, 3.8) is 0 Å². The van der Waals surface area contributed by atoms with Crippen LogP contribution in [0.2, 0.25) is 10.0 Å². The Morgan fingerprint density at radius 2 is 2.06 bits per heavy atom. The molecule has 5 nitrogen and oxygen atoms in total. The summed E-state index contributed by atoms with van der Waals surface area (Å²) in [6.45, 7) is 0.267. The first-order valence-corrected chi connectivity index (χ1v) is 6.30. The molecule has 1 fully saturated rings. The third-order valence-corrected chi connectivity index (χ3v) is 3.63. The molecular formula is C11H12Cl2N2O3. The normalized spacial score (nSPS) is 16.4. The number of aliphatic hydroxyl groups is 1. The quantitative estimate of drug-likeness (QED) is 0.645. The highest BCUT2D eigenvalue weighted by atomic mass is 35.5. The van der Waals surface area contributed by atoms with E-state index in [-0.39, 0.29) is 28.0 Å². The topological polar surface area (TPSA) is 75.4 Å². The molecule has 1 aromatic carbocycles. The van der Waals surface area contributed by atoms with Crippen LogP contribution in [-0.4, -0.2) is 22.7 Å². The number of nitrogens with one attached hydrogen (secondary N) is 1. The first-order valence-electron chi connectivity index (χ1n) is 5.54. The first kappa shape index (κ1) is 13.4. The maximum atomic E-state index is 10.9. The summed E-state index contributed by atoms with van der Waals surface area (Å²) in [4.78, 5) is 10.3. The van der Waals surface area contributed by atoms with E-state index in [0.717, 1.165) is 12.8 Å². The number of nitrogens with zero attached hydrogens (tertiary/aromatic N) is 1. The summed E-state index contributed by atoms with van der Waals surface area (Å²) in [5.41, 5.74) is 0.126. The molecule has 2 rings (SSSR count). The highest BCUT2D eigenvalue weighted by molar-refractivity contribution is 6.42. The SMILES string of the molecule is O=[N+]([O-])c1cc(Cl)c(Cl)cc1NCC(O)C1CC1. The molecule has 1 aromatic rings. The number of rotatable bonds is 5. The number of hydrogen-bond donors (Lipinski definition) is 2. The van der Waals surface area contributed by atoms with Crippen molar-refractivity contribution in [3.05, 3.63) is 32.3 Å². The average Bonchev–Trinajstić information content (AvgIpc) is 3.13. The van der Waals surface area contributed by atoms with Crippen molar-refractivity contribution in [2.45, 2.75) is 18.9 Å². The summed E-state index contributed by atoms with van der Waals surface area (Å²) in [6.07, 6.45) is 1.53. The predicted molar refractivity (Wildman–Crippen MR) is 70.3 cm³/mol. The van der Waals surface area contributed by atoms with Gasteiger partial charge in [-0.1, -0.05) is 23.2 Å². The molecule has 1 unspecified atom stereocenters. The summed E-state index contributed by atoms with van der Waals surface area (Å²) < 4.78 is 0. The maximum absolute atomic E-state index is 10.9. The zero-order valence-electron chi connectivity index (χ0n) is 9.40. The summed E-state index contributed by atoms with van der Waals surface area (Å²) in [6, 6.07) is 2.61. The molecule has 0 heterocycles. The van der Waals surface area contributed by atoms with Crippen molar-refractivity contribution in [2.24, 2.45) is 5.92 Å². The van der Waals surface area contributed by atoms with E-state index in [9.17, 15) is 15.2 Å². The molecule has 1 atom stereocenters. The van der Waals surface area contributed by atoms with Gasteiger partial charge in [0, 0.05) is 12.6 Å². The summed E-state index contributed by atoms with van der Waals surface area (Å²) in [5.74, 6) is 0.305. The van der Waals surface area contributed by atoms with Crippen molar-refractivity contribution in [1.29, 1.82) is 0 Å². The molecule has 1 aliphatic rings. The number of anilines is 1. The van der Waals surface area contributed by atoms with Crippen LogP contribution in [0.5, 0.6) is 0 Å². The zero-order valence-corrected chi connectivity index (χ0v) is 10.9. The van der Waals surface area contributed by atoms with Crippen LogP contribution < -0.4 is 5.32 Å². The molecule has 2 N–H and O–H groups in total. The summed E-state index contributed by atoms with van der Waals surface area (Å²) >= 11 is 11.6. The fourth-order valence-corrected chi connectivity index (χ4v) is 2.01. The minimum absolute atomic E-state index is 0.136. The minimum Gasteiger partial charge on any atom is -0.391 e.